The molecule has 0 aliphatic carbocycles. The molecule has 4 nitrogen and oxygen atoms in total. The first-order chi connectivity index (χ1) is 11.3. The molecule has 25 heavy (non-hydrogen) atoms. The summed E-state index contributed by atoms with van der Waals surface area (Å²) in [6.45, 7) is 20.8. The van der Waals surface area contributed by atoms with E-state index in [0.29, 0.717) is 12.1 Å². The normalized spacial score (nSPS) is 28.8. The molecule has 2 aliphatic rings. The van der Waals surface area contributed by atoms with Gasteiger partial charge in [0.1, 0.15) is 0 Å². The molecule has 4 N–H and O–H groups in total. The van der Waals surface area contributed by atoms with Gasteiger partial charge >= 0.3 is 0 Å². The van der Waals surface area contributed by atoms with Gasteiger partial charge < -0.3 is 21.3 Å². The maximum absolute atomic E-state index is 3.81. The topological polar surface area (TPSA) is 48.1 Å². The zero-order valence-electron chi connectivity index (χ0n) is 18.1. The third-order valence-corrected chi connectivity index (χ3v) is 5.60. The molecular formula is C21H44N4. The van der Waals surface area contributed by atoms with Crippen LogP contribution in [0.25, 0.3) is 0 Å². The van der Waals surface area contributed by atoms with Gasteiger partial charge in [-0.05, 0) is 101 Å². The highest BCUT2D eigenvalue weighted by Gasteiger charge is 2.38. The van der Waals surface area contributed by atoms with Crippen LogP contribution in [0.5, 0.6) is 0 Å². The molecule has 0 aromatic heterocycles. The standard InChI is InChI=1S/C21H44N4/c1-18(2)12-16(13-19(3,4)24-18)22-10-9-11-23-17-14-20(5,6)25-21(7,8)15-17/h16-17,22-25H,9-15H2,1-8H3. The Bertz CT molecular complexity index is 367. The monoisotopic (exact) mass is 352 g/mol. The van der Waals surface area contributed by atoms with Gasteiger partial charge in [-0.2, -0.15) is 0 Å². The largest absolute Gasteiger partial charge is 0.314 e. The first-order valence-electron chi connectivity index (χ1n) is 10.3. The van der Waals surface area contributed by atoms with Crippen LogP contribution in [-0.2, 0) is 0 Å². The van der Waals surface area contributed by atoms with Crippen LogP contribution in [0.2, 0.25) is 0 Å². The van der Waals surface area contributed by atoms with Gasteiger partial charge in [-0.1, -0.05) is 0 Å². The molecule has 2 rings (SSSR count). The molecule has 2 heterocycles. The molecule has 0 unspecified atom stereocenters. The molecule has 0 saturated carbocycles. The van der Waals surface area contributed by atoms with Crippen LogP contribution in [0.1, 0.15) is 87.5 Å². The fourth-order valence-corrected chi connectivity index (χ4v) is 5.63. The predicted molar refractivity (Wildman–Crippen MR) is 109 cm³/mol. The van der Waals surface area contributed by atoms with Crippen LogP contribution in [0.15, 0.2) is 0 Å². The second-order valence-electron chi connectivity index (χ2n) is 11.3. The van der Waals surface area contributed by atoms with Crippen molar-refractivity contribution in [2.75, 3.05) is 13.1 Å². The number of piperidine rings is 2. The third kappa shape index (κ3) is 7.16. The van der Waals surface area contributed by atoms with E-state index in [1.165, 1.54) is 32.1 Å². The van der Waals surface area contributed by atoms with Gasteiger partial charge in [0.05, 0.1) is 0 Å². The molecule has 0 radical (unpaired) electrons. The molecule has 0 bridgehead atoms. The minimum absolute atomic E-state index is 0.226. The van der Waals surface area contributed by atoms with Crippen LogP contribution in [0, 0.1) is 0 Å². The van der Waals surface area contributed by atoms with Gasteiger partial charge in [-0.25, -0.2) is 0 Å². The fraction of sp³-hybridized carbons (Fsp3) is 1.00. The van der Waals surface area contributed by atoms with E-state index < -0.39 is 0 Å². The average Bonchev–Trinajstić information content (AvgIpc) is 2.30. The van der Waals surface area contributed by atoms with Crippen LogP contribution in [0.3, 0.4) is 0 Å². The molecule has 0 aromatic rings. The number of hydrogen-bond donors (Lipinski definition) is 4. The summed E-state index contributed by atoms with van der Waals surface area (Å²) in [5, 5.41) is 15.1. The van der Waals surface area contributed by atoms with Crippen molar-refractivity contribution in [1.82, 2.24) is 21.3 Å². The Hall–Kier alpha value is -0.160. The van der Waals surface area contributed by atoms with Crippen LogP contribution in [-0.4, -0.2) is 47.3 Å². The maximum Gasteiger partial charge on any atom is 0.0144 e. The molecule has 0 spiro atoms. The first-order valence-corrected chi connectivity index (χ1v) is 10.3. The maximum atomic E-state index is 3.81. The lowest BCUT2D eigenvalue weighted by atomic mass is 9.79. The van der Waals surface area contributed by atoms with E-state index in [0.717, 1.165) is 13.1 Å². The summed E-state index contributed by atoms with van der Waals surface area (Å²) in [5.41, 5.74) is 0.904. The predicted octanol–water partition coefficient (Wildman–Crippen LogP) is 3.17. The van der Waals surface area contributed by atoms with Crippen molar-refractivity contribution in [2.24, 2.45) is 0 Å². The van der Waals surface area contributed by atoms with Crippen molar-refractivity contribution < 1.29 is 0 Å². The van der Waals surface area contributed by atoms with Crippen molar-refractivity contribution in [3.8, 4) is 0 Å². The highest BCUT2D eigenvalue weighted by atomic mass is 15.1. The molecular weight excluding hydrogens is 308 g/mol. The van der Waals surface area contributed by atoms with Crippen LogP contribution < -0.4 is 21.3 Å². The minimum atomic E-state index is 0.226. The Kier molecular flexibility index (Phi) is 6.31. The zero-order chi connectivity index (χ0) is 18.9. The van der Waals surface area contributed by atoms with Gasteiger partial charge in [-0.3, -0.25) is 0 Å². The molecule has 4 heteroatoms. The first kappa shape index (κ1) is 21.1. The van der Waals surface area contributed by atoms with E-state index in [9.17, 15) is 0 Å². The Morgan fingerprint density at radius 3 is 1.16 bits per heavy atom. The highest BCUT2D eigenvalue weighted by molar-refractivity contribution is 5.00. The van der Waals surface area contributed by atoms with E-state index in [2.05, 4.69) is 76.7 Å². The summed E-state index contributed by atoms with van der Waals surface area (Å²) in [4.78, 5) is 0. The summed E-state index contributed by atoms with van der Waals surface area (Å²) >= 11 is 0. The lowest BCUT2D eigenvalue weighted by Gasteiger charge is -2.47. The number of hydrogen-bond acceptors (Lipinski definition) is 4. The smallest absolute Gasteiger partial charge is 0.0144 e. The molecule has 2 aliphatic heterocycles. The third-order valence-electron chi connectivity index (χ3n) is 5.60. The fourth-order valence-electron chi connectivity index (χ4n) is 5.63. The Morgan fingerprint density at radius 1 is 0.600 bits per heavy atom. The second kappa shape index (κ2) is 7.46. The molecule has 0 aromatic carbocycles. The van der Waals surface area contributed by atoms with Crippen molar-refractivity contribution in [3.05, 3.63) is 0 Å². The summed E-state index contributed by atoms with van der Waals surface area (Å²) < 4.78 is 0. The second-order valence-corrected chi connectivity index (χ2v) is 11.3. The highest BCUT2D eigenvalue weighted by Crippen LogP contribution is 2.29. The van der Waals surface area contributed by atoms with E-state index in [-0.39, 0.29) is 22.2 Å². The van der Waals surface area contributed by atoms with Gasteiger partial charge in [0.2, 0.25) is 0 Å². The van der Waals surface area contributed by atoms with Gasteiger partial charge in [0.25, 0.3) is 0 Å². The lowest BCUT2D eigenvalue weighted by Crippen LogP contribution is -2.62. The number of nitrogens with one attached hydrogen (secondary N) is 4. The van der Waals surface area contributed by atoms with Crippen molar-refractivity contribution >= 4 is 0 Å². The van der Waals surface area contributed by atoms with Gasteiger partial charge in [0, 0.05) is 34.2 Å². The average molecular weight is 353 g/mol. The zero-order valence-corrected chi connectivity index (χ0v) is 18.1. The van der Waals surface area contributed by atoms with E-state index >= 15 is 0 Å². The van der Waals surface area contributed by atoms with E-state index in [4.69, 9.17) is 0 Å². The lowest BCUT2D eigenvalue weighted by molar-refractivity contribution is 0.143. The summed E-state index contributed by atoms with van der Waals surface area (Å²) in [6.07, 6.45) is 6.04. The Labute approximate surface area is 156 Å². The summed E-state index contributed by atoms with van der Waals surface area (Å²) in [7, 11) is 0. The van der Waals surface area contributed by atoms with E-state index in [1.807, 2.05) is 0 Å². The molecule has 148 valence electrons. The van der Waals surface area contributed by atoms with E-state index in [1.54, 1.807) is 0 Å². The molecule has 2 fully saturated rings. The number of rotatable bonds is 6. The van der Waals surface area contributed by atoms with Crippen molar-refractivity contribution in [3.63, 3.8) is 0 Å². The molecule has 0 amide bonds. The molecule has 2 saturated heterocycles. The Balaban J connectivity index is 1.68. The van der Waals surface area contributed by atoms with Gasteiger partial charge in [-0.15, -0.1) is 0 Å². The minimum Gasteiger partial charge on any atom is -0.314 e. The Morgan fingerprint density at radius 2 is 0.880 bits per heavy atom. The van der Waals surface area contributed by atoms with Gasteiger partial charge in [0.15, 0.2) is 0 Å². The quantitative estimate of drug-likeness (QED) is 0.555. The van der Waals surface area contributed by atoms with Crippen LogP contribution >= 0.6 is 0 Å². The summed E-state index contributed by atoms with van der Waals surface area (Å²) in [6, 6.07) is 1.26. The molecule has 0 atom stereocenters. The van der Waals surface area contributed by atoms with Crippen molar-refractivity contribution in [2.45, 2.75) is 122 Å². The van der Waals surface area contributed by atoms with Crippen LogP contribution in [0.4, 0.5) is 0 Å². The SMILES string of the molecule is CC1(C)CC(NCCCNC2CC(C)(C)NC(C)(C)C2)CC(C)(C)N1. The summed E-state index contributed by atoms with van der Waals surface area (Å²) in [5.74, 6) is 0. The van der Waals surface area contributed by atoms with Crippen molar-refractivity contribution in [1.29, 1.82) is 0 Å².